The third-order valence-electron chi connectivity index (χ3n) is 5.73. The van der Waals surface area contributed by atoms with Crippen LogP contribution >= 0.6 is 12.4 Å². The molecule has 1 saturated heterocycles. The molecular weight excluding hydrogens is 272 g/mol. The molecule has 0 radical (unpaired) electrons. The van der Waals surface area contributed by atoms with E-state index in [9.17, 15) is 4.79 Å². The van der Waals surface area contributed by atoms with Gasteiger partial charge in [0.15, 0.2) is 0 Å². The van der Waals surface area contributed by atoms with E-state index in [4.69, 9.17) is 5.73 Å². The molecule has 3 fully saturated rings. The van der Waals surface area contributed by atoms with Gasteiger partial charge in [-0.1, -0.05) is 13.3 Å². The first-order valence-corrected chi connectivity index (χ1v) is 8.19. The van der Waals surface area contributed by atoms with E-state index in [-0.39, 0.29) is 18.3 Å². The molecule has 2 saturated carbocycles. The SMILES string of the molecule is CC1CCCN(C(=O)C2CC3CCCC(C2)C3N)C1.Cl. The summed E-state index contributed by atoms with van der Waals surface area (Å²) in [6, 6.07) is 0.373. The predicted octanol–water partition coefficient (Wildman–Crippen LogP) is 2.82. The highest BCUT2D eigenvalue weighted by molar-refractivity contribution is 5.85. The van der Waals surface area contributed by atoms with Crippen LogP contribution in [0.4, 0.5) is 0 Å². The van der Waals surface area contributed by atoms with Crippen molar-refractivity contribution in [2.75, 3.05) is 13.1 Å². The number of piperidine rings is 1. The molecule has 116 valence electrons. The number of halogens is 1. The lowest BCUT2D eigenvalue weighted by Crippen LogP contribution is -2.50. The maximum absolute atomic E-state index is 12.7. The number of hydrogen-bond acceptors (Lipinski definition) is 2. The second-order valence-corrected chi connectivity index (χ2v) is 7.23. The summed E-state index contributed by atoms with van der Waals surface area (Å²) >= 11 is 0. The molecule has 3 rings (SSSR count). The van der Waals surface area contributed by atoms with E-state index in [1.807, 2.05) is 0 Å². The predicted molar refractivity (Wildman–Crippen MR) is 83.8 cm³/mol. The van der Waals surface area contributed by atoms with Crippen molar-refractivity contribution in [3.05, 3.63) is 0 Å². The van der Waals surface area contributed by atoms with Gasteiger partial charge in [0.1, 0.15) is 0 Å². The van der Waals surface area contributed by atoms with Crippen LogP contribution in [0.2, 0.25) is 0 Å². The van der Waals surface area contributed by atoms with Gasteiger partial charge < -0.3 is 10.6 Å². The maximum atomic E-state index is 12.7. The monoisotopic (exact) mass is 300 g/mol. The Balaban J connectivity index is 0.00000147. The Labute approximate surface area is 129 Å². The average Bonchev–Trinajstić information content (AvgIpc) is 2.37. The molecule has 0 aromatic carbocycles. The topological polar surface area (TPSA) is 46.3 Å². The van der Waals surface area contributed by atoms with Gasteiger partial charge in [0.2, 0.25) is 5.91 Å². The number of carbonyl (C=O) groups excluding carboxylic acids is 1. The second kappa shape index (κ2) is 6.65. The largest absolute Gasteiger partial charge is 0.342 e. The Morgan fingerprint density at radius 1 is 1.10 bits per heavy atom. The van der Waals surface area contributed by atoms with Crippen molar-refractivity contribution in [3.63, 3.8) is 0 Å². The zero-order valence-corrected chi connectivity index (χ0v) is 13.4. The fourth-order valence-corrected chi connectivity index (χ4v) is 4.64. The van der Waals surface area contributed by atoms with E-state index in [0.717, 1.165) is 25.9 Å². The van der Waals surface area contributed by atoms with Crippen molar-refractivity contribution >= 4 is 18.3 Å². The first-order valence-electron chi connectivity index (χ1n) is 8.19. The van der Waals surface area contributed by atoms with Gasteiger partial charge in [0.05, 0.1) is 0 Å². The lowest BCUT2D eigenvalue weighted by atomic mass is 9.65. The van der Waals surface area contributed by atoms with E-state index in [2.05, 4.69) is 11.8 Å². The minimum Gasteiger partial charge on any atom is -0.342 e. The smallest absolute Gasteiger partial charge is 0.225 e. The highest BCUT2D eigenvalue weighted by Crippen LogP contribution is 2.42. The molecule has 0 spiro atoms. The Kier molecular flexibility index (Phi) is 5.36. The third-order valence-corrected chi connectivity index (χ3v) is 5.73. The van der Waals surface area contributed by atoms with Crippen LogP contribution in [0.25, 0.3) is 0 Å². The van der Waals surface area contributed by atoms with Crippen molar-refractivity contribution in [2.45, 2.75) is 57.9 Å². The van der Waals surface area contributed by atoms with E-state index in [1.54, 1.807) is 0 Å². The highest BCUT2D eigenvalue weighted by atomic mass is 35.5. The normalized spacial score (nSPS) is 40.9. The van der Waals surface area contributed by atoms with E-state index >= 15 is 0 Å². The molecule has 3 atom stereocenters. The van der Waals surface area contributed by atoms with Crippen LogP contribution in [0.1, 0.15) is 51.9 Å². The van der Waals surface area contributed by atoms with Gasteiger partial charge in [-0.2, -0.15) is 0 Å². The van der Waals surface area contributed by atoms with Crippen molar-refractivity contribution in [3.8, 4) is 0 Å². The number of nitrogens with two attached hydrogens (primary N) is 1. The molecule has 2 aliphatic carbocycles. The molecule has 0 aromatic rings. The Bertz CT molecular complexity index is 335. The Morgan fingerprint density at radius 2 is 1.75 bits per heavy atom. The average molecular weight is 301 g/mol. The van der Waals surface area contributed by atoms with Crippen LogP contribution < -0.4 is 5.73 Å². The van der Waals surface area contributed by atoms with Gasteiger partial charge in [-0.15, -0.1) is 12.4 Å². The molecule has 4 heteroatoms. The lowest BCUT2D eigenvalue weighted by Gasteiger charge is -2.45. The molecule has 1 aliphatic heterocycles. The summed E-state index contributed by atoms with van der Waals surface area (Å²) in [7, 11) is 0. The summed E-state index contributed by atoms with van der Waals surface area (Å²) in [5.74, 6) is 2.63. The first kappa shape index (κ1) is 16.1. The van der Waals surface area contributed by atoms with Crippen LogP contribution in [-0.2, 0) is 4.79 Å². The number of fused-ring (bicyclic) bond motifs is 2. The number of rotatable bonds is 1. The fraction of sp³-hybridized carbons (Fsp3) is 0.938. The van der Waals surface area contributed by atoms with E-state index in [0.29, 0.717) is 29.7 Å². The molecule has 3 nitrogen and oxygen atoms in total. The third kappa shape index (κ3) is 3.14. The maximum Gasteiger partial charge on any atom is 0.225 e. The number of nitrogens with zero attached hydrogens (tertiary/aromatic N) is 1. The Morgan fingerprint density at radius 3 is 2.35 bits per heavy atom. The van der Waals surface area contributed by atoms with Gasteiger partial charge in [-0.25, -0.2) is 0 Å². The zero-order valence-electron chi connectivity index (χ0n) is 12.6. The lowest BCUT2D eigenvalue weighted by molar-refractivity contribution is -0.140. The number of carbonyl (C=O) groups is 1. The van der Waals surface area contributed by atoms with Crippen LogP contribution in [0.5, 0.6) is 0 Å². The number of amides is 1. The molecule has 0 aromatic heterocycles. The van der Waals surface area contributed by atoms with E-state index in [1.165, 1.54) is 32.1 Å². The van der Waals surface area contributed by atoms with Crippen LogP contribution in [0.15, 0.2) is 0 Å². The summed E-state index contributed by atoms with van der Waals surface area (Å²) < 4.78 is 0. The van der Waals surface area contributed by atoms with Gasteiger partial charge in [0, 0.05) is 25.0 Å². The second-order valence-electron chi connectivity index (χ2n) is 7.23. The van der Waals surface area contributed by atoms with E-state index < -0.39 is 0 Å². The van der Waals surface area contributed by atoms with Crippen molar-refractivity contribution in [2.24, 2.45) is 29.4 Å². The van der Waals surface area contributed by atoms with Crippen LogP contribution in [0, 0.1) is 23.7 Å². The molecule has 1 amide bonds. The summed E-state index contributed by atoms with van der Waals surface area (Å²) in [5.41, 5.74) is 6.32. The minimum absolute atomic E-state index is 0. The van der Waals surface area contributed by atoms with Crippen molar-refractivity contribution in [1.82, 2.24) is 4.90 Å². The number of hydrogen-bond donors (Lipinski definition) is 1. The van der Waals surface area contributed by atoms with Gasteiger partial charge in [-0.05, 0) is 56.3 Å². The summed E-state index contributed by atoms with van der Waals surface area (Å²) in [6.45, 7) is 4.24. The molecule has 3 aliphatic rings. The number of likely N-dealkylation sites (tertiary alicyclic amines) is 1. The standard InChI is InChI=1S/C16H28N2O.ClH/c1-11-4-3-7-18(10-11)16(19)14-8-12-5-2-6-13(9-14)15(12)17;/h11-15H,2-10,17H2,1H3;1H. The minimum atomic E-state index is 0. The molecule has 2 N–H and O–H groups in total. The highest BCUT2D eigenvalue weighted by Gasteiger charge is 2.41. The van der Waals surface area contributed by atoms with Crippen LogP contribution in [-0.4, -0.2) is 29.9 Å². The van der Waals surface area contributed by atoms with Gasteiger partial charge in [0.25, 0.3) is 0 Å². The summed E-state index contributed by atoms with van der Waals surface area (Å²) in [6.07, 6.45) is 8.40. The molecule has 3 unspecified atom stereocenters. The molecular formula is C16H29ClN2O. The zero-order chi connectivity index (χ0) is 13.4. The van der Waals surface area contributed by atoms with Crippen molar-refractivity contribution < 1.29 is 4.79 Å². The molecule has 2 bridgehead atoms. The molecule has 20 heavy (non-hydrogen) atoms. The summed E-state index contributed by atoms with van der Waals surface area (Å²) in [5, 5.41) is 0. The summed E-state index contributed by atoms with van der Waals surface area (Å²) in [4.78, 5) is 14.9. The van der Waals surface area contributed by atoms with Gasteiger partial charge >= 0.3 is 0 Å². The molecule has 1 heterocycles. The van der Waals surface area contributed by atoms with Crippen molar-refractivity contribution in [1.29, 1.82) is 0 Å². The fourth-order valence-electron chi connectivity index (χ4n) is 4.64. The quantitative estimate of drug-likeness (QED) is 0.809. The first-order chi connectivity index (χ1) is 9.15. The van der Waals surface area contributed by atoms with Gasteiger partial charge in [-0.3, -0.25) is 4.79 Å². The Hall–Kier alpha value is -0.280. The van der Waals surface area contributed by atoms with Crippen LogP contribution in [0.3, 0.4) is 0 Å².